The number of allylic oxidation sites excluding steroid dienone is 1. The lowest BCUT2D eigenvalue weighted by molar-refractivity contribution is 0.112. The Morgan fingerprint density at radius 1 is 1.17 bits per heavy atom. The van der Waals surface area contributed by atoms with Crippen LogP contribution in [-0.4, -0.2) is 23.9 Å². The molecule has 1 aromatic heterocycles. The molecule has 3 N–H and O–H groups in total. The molecule has 4 rings (SSSR count). The number of benzene rings is 1. The maximum Gasteiger partial charge on any atom is 0.152 e. The topological polar surface area (TPSA) is 60.0 Å². The molecule has 2 aliphatic rings. The van der Waals surface area contributed by atoms with Crippen LogP contribution in [0.4, 0.5) is 5.69 Å². The van der Waals surface area contributed by atoms with Crippen molar-refractivity contribution >= 4 is 17.5 Å². The Labute approximate surface area is 181 Å². The zero-order chi connectivity index (χ0) is 21.9. The highest BCUT2D eigenvalue weighted by Crippen LogP contribution is 2.43. The van der Waals surface area contributed by atoms with Crippen LogP contribution in [0.2, 0.25) is 0 Å². The molecule has 0 spiro atoms. The second-order valence-corrected chi connectivity index (χ2v) is 9.49. The zero-order valence-electron chi connectivity index (χ0n) is 19.1. The van der Waals surface area contributed by atoms with Crippen LogP contribution in [0, 0.1) is 12.3 Å². The molecule has 162 valence electrons. The van der Waals surface area contributed by atoms with Gasteiger partial charge in [0.2, 0.25) is 0 Å². The number of carbonyl (C=O) groups excluding carboxylic acids is 1. The fourth-order valence-corrected chi connectivity index (χ4v) is 5.14. The van der Waals surface area contributed by atoms with Crippen molar-refractivity contribution in [3.8, 4) is 5.69 Å². The number of nitrogens with one attached hydrogen (secondary N) is 1. The SMILES string of the molecule is C=C1CC(C)(C)Cc2c1c(C)cn2-c1ccc(C=O)c(NC2CCCCC2)c1.CN. The van der Waals surface area contributed by atoms with Crippen molar-refractivity contribution in [1.82, 2.24) is 4.57 Å². The van der Waals surface area contributed by atoms with Gasteiger partial charge in [-0.25, -0.2) is 0 Å². The van der Waals surface area contributed by atoms with E-state index >= 15 is 0 Å². The quantitative estimate of drug-likeness (QED) is 0.620. The summed E-state index contributed by atoms with van der Waals surface area (Å²) in [6.07, 6.45) is 11.5. The molecule has 2 aromatic rings. The van der Waals surface area contributed by atoms with E-state index < -0.39 is 0 Å². The fourth-order valence-electron chi connectivity index (χ4n) is 5.14. The number of nitrogens with two attached hydrogens (primary N) is 1. The Morgan fingerprint density at radius 2 is 1.87 bits per heavy atom. The Bertz CT molecular complexity index is 917. The largest absolute Gasteiger partial charge is 0.382 e. The van der Waals surface area contributed by atoms with Crippen molar-refractivity contribution < 1.29 is 4.79 Å². The average Bonchev–Trinajstić information content (AvgIpc) is 3.05. The smallest absolute Gasteiger partial charge is 0.152 e. The summed E-state index contributed by atoms with van der Waals surface area (Å²) >= 11 is 0. The summed E-state index contributed by atoms with van der Waals surface area (Å²) in [4.78, 5) is 11.6. The van der Waals surface area contributed by atoms with E-state index in [9.17, 15) is 4.79 Å². The molecular formula is C26H37N3O. The Kier molecular flexibility index (Phi) is 6.87. The standard InChI is InChI=1S/C25H32N2O.CH5N/c1-17-13-25(3,4)14-23-24(17)18(2)15-27(23)21-11-10-19(16-28)22(12-21)26-20-8-6-5-7-9-20;1-2/h10-12,15-16,20,26H,1,5-9,13-14H2,2-4H3;2H2,1H3. The average molecular weight is 408 g/mol. The van der Waals surface area contributed by atoms with Crippen LogP contribution in [0.15, 0.2) is 31.0 Å². The first kappa shape index (κ1) is 22.4. The summed E-state index contributed by atoms with van der Waals surface area (Å²) in [6, 6.07) is 6.65. The number of hydrogen-bond acceptors (Lipinski definition) is 3. The summed E-state index contributed by atoms with van der Waals surface area (Å²) in [6.45, 7) is 11.2. The van der Waals surface area contributed by atoms with Crippen LogP contribution in [-0.2, 0) is 6.42 Å². The van der Waals surface area contributed by atoms with Gasteiger partial charge in [-0.1, -0.05) is 39.7 Å². The molecule has 0 saturated heterocycles. The van der Waals surface area contributed by atoms with E-state index in [1.54, 1.807) is 0 Å². The highest BCUT2D eigenvalue weighted by atomic mass is 16.1. The summed E-state index contributed by atoms with van der Waals surface area (Å²) in [5, 5.41) is 3.66. The normalized spacial score (nSPS) is 18.2. The van der Waals surface area contributed by atoms with Crippen LogP contribution in [0.5, 0.6) is 0 Å². The van der Waals surface area contributed by atoms with Gasteiger partial charge in [0.15, 0.2) is 6.29 Å². The van der Waals surface area contributed by atoms with Crippen molar-refractivity contribution in [1.29, 1.82) is 0 Å². The molecule has 0 atom stereocenters. The first-order valence-corrected chi connectivity index (χ1v) is 11.2. The third kappa shape index (κ3) is 4.54. The van der Waals surface area contributed by atoms with Gasteiger partial charge >= 0.3 is 0 Å². The van der Waals surface area contributed by atoms with E-state index in [4.69, 9.17) is 0 Å². The van der Waals surface area contributed by atoms with Gasteiger partial charge in [0.25, 0.3) is 0 Å². The van der Waals surface area contributed by atoms with Crippen LogP contribution < -0.4 is 11.1 Å². The number of aldehydes is 1. The van der Waals surface area contributed by atoms with Crippen LogP contribution in [0.3, 0.4) is 0 Å². The minimum absolute atomic E-state index is 0.221. The number of rotatable bonds is 4. The van der Waals surface area contributed by atoms with Gasteiger partial charge in [0.05, 0.1) is 0 Å². The number of aromatic nitrogens is 1. The zero-order valence-corrected chi connectivity index (χ0v) is 19.1. The van der Waals surface area contributed by atoms with E-state index in [-0.39, 0.29) is 5.41 Å². The molecular weight excluding hydrogens is 370 g/mol. The summed E-state index contributed by atoms with van der Waals surface area (Å²) < 4.78 is 2.32. The van der Waals surface area contributed by atoms with Gasteiger partial charge in [0, 0.05) is 40.4 Å². The minimum Gasteiger partial charge on any atom is -0.382 e. The monoisotopic (exact) mass is 407 g/mol. The summed E-state index contributed by atoms with van der Waals surface area (Å²) in [5.74, 6) is 0. The van der Waals surface area contributed by atoms with Crippen molar-refractivity contribution in [3.05, 3.63) is 53.4 Å². The Hall–Kier alpha value is -2.33. The van der Waals surface area contributed by atoms with Crippen molar-refractivity contribution in [2.45, 2.75) is 71.8 Å². The van der Waals surface area contributed by atoms with E-state index in [1.807, 2.05) is 6.07 Å². The number of anilines is 1. The lowest BCUT2D eigenvalue weighted by Crippen LogP contribution is -2.24. The predicted octanol–water partition coefficient (Wildman–Crippen LogP) is 5.90. The lowest BCUT2D eigenvalue weighted by Gasteiger charge is -2.32. The summed E-state index contributed by atoms with van der Waals surface area (Å²) in [7, 11) is 1.50. The highest BCUT2D eigenvalue weighted by Gasteiger charge is 2.31. The van der Waals surface area contributed by atoms with Gasteiger partial charge in [-0.15, -0.1) is 0 Å². The molecule has 0 amide bonds. The van der Waals surface area contributed by atoms with Gasteiger partial charge in [-0.3, -0.25) is 4.79 Å². The molecule has 4 heteroatoms. The Morgan fingerprint density at radius 3 is 2.53 bits per heavy atom. The molecule has 30 heavy (non-hydrogen) atoms. The first-order chi connectivity index (χ1) is 14.4. The molecule has 1 aromatic carbocycles. The van der Waals surface area contributed by atoms with Crippen LogP contribution >= 0.6 is 0 Å². The Balaban J connectivity index is 0.00000124. The van der Waals surface area contributed by atoms with Crippen molar-refractivity contribution in [3.63, 3.8) is 0 Å². The minimum atomic E-state index is 0.221. The fraction of sp³-hybridized carbons (Fsp3) is 0.500. The number of hydrogen-bond donors (Lipinski definition) is 2. The third-order valence-electron chi connectivity index (χ3n) is 6.39. The molecule has 4 nitrogen and oxygen atoms in total. The number of nitrogens with zero attached hydrogens (tertiary/aromatic N) is 1. The van der Waals surface area contributed by atoms with Gasteiger partial charge in [-0.2, -0.15) is 0 Å². The van der Waals surface area contributed by atoms with Crippen molar-refractivity contribution in [2.24, 2.45) is 11.1 Å². The van der Waals surface area contributed by atoms with E-state index in [0.717, 1.165) is 36.1 Å². The molecule has 0 radical (unpaired) electrons. The van der Waals surface area contributed by atoms with Crippen LogP contribution in [0.25, 0.3) is 11.3 Å². The maximum atomic E-state index is 11.6. The first-order valence-electron chi connectivity index (χ1n) is 11.2. The predicted molar refractivity (Wildman–Crippen MR) is 128 cm³/mol. The molecule has 2 aliphatic carbocycles. The second-order valence-electron chi connectivity index (χ2n) is 9.49. The maximum absolute atomic E-state index is 11.6. The number of aryl methyl sites for hydroxylation is 1. The number of fused-ring (bicyclic) bond motifs is 1. The molecule has 1 fully saturated rings. The number of carbonyl (C=O) groups is 1. The molecule has 1 saturated carbocycles. The second kappa shape index (κ2) is 9.22. The van der Waals surface area contributed by atoms with Crippen molar-refractivity contribution in [2.75, 3.05) is 12.4 Å². The third-order valence-corrected chi connectivity index (χ3v) is 6.39. The van der Waals surface area contributed by atoms with E-state index in [0.29, 0.717) is 6.04 Å². The van der Waals surface area contributed by atoms with E-state index in [1.165, 1.54) is 61.5 Å². The highest BCUT2D eigenvalue weighted by molar-refractivity contribution is 5.85. The van der Waals surface area contributed by atoms with Gasteiger partial charge in [0.1, 0.15) is 0 Å². The lowest BCUT2D eigenvalue weighted by atomic mass is 9.74. The van der Waals surface area contributed by atoms with E-state index in [2.05, 4.69) is 61.3 Å². The van der Waals surface area contributed by atoms with Gasteiger partial charge < -0.3 is 15.6 Å². The molecule has 1 heterocycles. The van der Waals surface area contributed by atoms with Gasteiger partial charge in [-0.05, 0) is 74.4 Å². The summed E-state index contributed by atoms with van der Waals surface area (Å²) in [5.41, 5.74) is 12.8. The molecule has 0 aliphatic heterocycles. The van der Waals surface area contributed by atoms with Crippen LogP contribution in [0.1, 0.15) is 79.6 Å². The molecule has 0 bridgehead atoms. The molecule has 0 unspecified atom stereocenters.